The maximum atomic E-state index is 16.3. The van der Waals surface area contributed by atoms with E-state index in [1.165, 1.54) is 0 Å². The molecule has 0 bridgehead atoms. The molecule has 3 aromatic rings. The van der Waals surface area contributed by atoms with Crippen molar-refractivity contribution < 1.29 is 36.2 Å². The molecule has 0 aliphatic carbocycles. The molecule has 2 unspecified atom stereocenters. The Morgan fingerprint density at radius 1 is 1.07 bits per heavy atom. The van der Waals surface area contributed by atoms with E-state index in [0.29, 0.717) is 32.7 Å². The van der Waals surface area contributed by atoms with E-state index in [4.69, 9.17) is 19.9 Å². The van der Waals surface area contributed by atoms with E-state index in [1.807, 2.05) is 0 Å². The summed E-state index contributed by atoms with van der Waals surface area (Å²) in [5.74, 6) is -2.46. The Morgan fingerprint density at radius 2 is 1.88 bits per heavy atom. The van der Waals surface area contributed by atoms with E-state index in [2.05, 4.69) is 25.6 Å². The number of alkyl halides is 3. The van der Waals surface area contributed by atoms with Crippen molar-refractivity contribution in [1.29, 1.82) is 0 Å². The summed E-state index contributed by atoms with van der Waals surface area (Å²) in [6.07, 6.45) is -2.47. The third-order valence-electron chi connectivity index (χ3n) is 7.10. The average molecular weight is 583 g/mol. The molecule has 1 saturated heterocycles. The number of benzene rings is 1. The number of aromatic nitrogens is 3. The van der Waals surface area contributed by atoms with Crippen LogP contribution in [0.2, 0.25) is 0 Å². The van der Waals surface area contributed by atoms with E-state index in [-0.39, 0.29) is 41.3 Å². The summed E-state index contributed by atoms with van der Waals surface area (Å²) in [6, 6.07) is 0.532. The van der Waals surface area contributed by atoms with Gasteiger partial charge in [-0.15, -0.1) is 0 Å². The van der Waals surface area contributed by atoms with Gasteiger partial charge < -0.3 is 30.6 Å². The number of hydrogen-bond acceptors (Lipinski definition) is 9. The van der Waals surface area contributed by atoms with Crippen LogP contribution in [-0.2, 0) is 10.9 Å². The first-order chi connectivity index (χ1) is 19.5. The highest BCUT2D eigenvalue weighted by Crippen LogP contribution is 2.44. The van der Waals surface area contributed by atoms with Gasteiger partial charge >= 0.3 is 12.2 Å². The molecule has 2 aliphatic heterocycles. The molecule has 14 heteroatoms. The highest BCUT2D eigenvalue weighted by atomic mass is 19.4. The molecule has 1 aromatic carbocycles. The predicted octanol–water partition coefficient (Wildman–Crippen LogP) is 5.00. The lowest BCUT2D eigenvalue weighted by molar-refractivity contribution is -0.137. The van der Waals surface area contributed by atoms with Gasteiger partial charge in [0.2, 0.25) is 5.88 Å². The van der Waals surface area contributed by atoms with E-state index in [9.17, 15) is 17.6 Å². The van der Waals surface area contributed by atoms with Gasteiger partial charge in [0.05, 0.1) is 23.5 Å². The van der Waals surface area contributed by atoms with Crippen molar-refractivity contribution in [2.45, 2.75) is 57.9 Å². The van der Waals surface area contributed by atoms with Crippen molar-refractivity contribution in [2.75, 3.05) is 43.9 Å². The standard InChI is InChI=1S/C27H31F5N6O3/c1-13-6-7-34-8-9-35-24-18-23(37-26(38-24)40-12-15-5-3-4-10-39-15)21(29)22(36-25(18)41-13)16-11-17(33)20(28)14(2)19(16)27(30,31)32/h11,13,15,34H,3-10,12,33H2,1-2H3,(H,35,37,38). The molecule has 2 aliphatic rings. The van der Waals surface area contributed by atoms with Gasteiger partial charge in [-0.3, -0.25) is 0 Å². The molecular formula is C27H31F5N6O3. The van der Waals surface area contributed by atoms with Gasteiger partial charge in [-0.1, -0.05) is 0 Å². The zero-order valence-corrected chi connectivity index (χ0v) is 22.6. The van der Waals surface area contributed by atoms with Crippen LogP contribution in [0.4, 0.5) is 33.5 Å². The number of nitrogens with two attached hydrogens (primary N) is 1. The van der Waals surface area contributed by atoms with E-state index in [0.717, 1.165) is 32.3 Å². The van der Waals surface area contributed by atoms with E-state index < -0.39 is 52.0 Å². The molecule has 5 rings (SSSR count). The first-order valence-electron chi connectivity index (χ1n) is 13.5. The first-order valence-corrected chi connectivity index (χ1v) is 13.5. The lowest BCUT2D eigenvalue weighted by Gasteiger charge is -2.23. The van der Waals surface area contributed by atoms with Crippen LogP contribution < -0.4 is 25.8 Å². The highest BCUT2D eigenvalue weighted by molar-refractivity contribution is 5.96. The van der Waals surface area contributed by atoms with Crippen LogP contribution in [0.3, 0.4) is 0 Å². The van der Waals surface area contributed by atoms with Crippen LogP contribution in [0.5, 0.6) is 11.9 Å². The van der Waals surface area contributed by atoms with Crippen molar-refractivity contribution in [3.63, 3.8) is 0 Å². The molecule has 2 atom stereocenters. The van der Waals surface area contributed by atoms with Crippen molar-refractivity contribution in [1.82, 2.24) is 20.3 Å². The summed E-state index contributed by atoms with van der Waals surface area (Å²) in [5.41, 5.74) is 1.11. The topological polar surface area (TPSA) is 116 Å². The van der Waals surface area contributed by atoms with Crippen LogP contribution in [-0.4, -0.2) is 60.0 Å². The van der Waals surface area contributed by atoms with Gasteiger partial charge in [0.15, 0.2) is 5.82 Å². The summed E-state index contributed by atoms with van der Waals surface area (Å²) in [7, 11) is 0. The number of rotatable bonds is 4. The second kappa shape index (κ2) is 11.8. The van der Waals surface area contributed by atoms with Crippen LogP contribution in [0, 0.1) is 18.6 Å². The molecule has 4 N–H and O–H groups in total. The maximum Gasteiger partial charge on any atom is 0.417 e. The smallest absolute Gasteiger partial charge is 0.417 e. The third-order valence-corrected chi connectivity index (χ3v) is 7.10. The summed E-state index contributed by atoms with van der Waals surface area (Å²) in [5, 5.41) is 6.39. The predicted molar refractivity (Wildman–Crippen MR) is 142 cm³/mol. The van der Waals surface area contributed by atoms with Crippen LogP contribution >= 0.6 is 0 Å². The highest BCUT2D eigenvalue weighted by Gasteiger charge is 2.39. The fraction of sp³-hybridized carbons (Fsp3) is 0.519. The molecule has 1 fully saturated rings. The molecule has 4 heterocycles. The Balaban J connectivity index is 1.73. The quantitative estimate of drug-likeness (QED) is 0.289. The minimum atomic E-state index is -5.04. The zero-order chi connectivity index (χ0) is 29.3. The van der Waals surface area contributed by atoms with Crippen LogP contribution in [0.25, 0.3) is 22.2 Å². The lowest BCUT2D eigenvalue weighted by atomic mass is 9.96. The summed E-state index contributed by atoms with van der Waals surface area (Å²) in [6.45, 7) is 4.92. The van der Waals surface area contributed by atoms with Gasteiger partial charge in [0.1, 0.15) is 34.8 Å². The molecule has 222 valence electrons. The molecule has 41 heavy (non-hydrogen) atoms. The number of ether oxygens (including phenoxy) is 3. The normalized spacial score (nSPS) is 20.2. The van der Waals surface area contributed by atoms with Gasteiger partial charge in [-0.2, -0.15) is 23.1 Å². The largest absolute Gasteiger partial charge is 0.474 e. The van der Waals surface area contributed by atoms with Gasteiger partial charge in [-0.25, -0.2) is 13.8 Å². The van der Waals surface area contributed by atoms with E-state index >= 15 is 4.39 Å². The summed E-state index contributed by atoms with van der Waals surface area (Å²) in [4.78, 5) is 12.9. The molecule has 2 aromatic heterocycles. The summed E-state index contributed by atoms with van der Waals surface area (Å²) >= 11 is 0. The Bertz CT molecular complexity index is 1430. The fourth-order valence-electron chi connectivity index (χ4n) is 5.00. The van der Waals surface area contributed by atoms with Crippen molar-refractivity contribution in [2.24, 2.45) is 0 Å². The lowest BCUT2D eigenvalue weighted by Crippen LogP contribution is -2.26. The zero-order valence-electron chi connectivity index (χ0n) is 22.6. The maximum absolute atomic E-state index is 16.3. The number of halogens is 5. The minimum absolute atomic E-state index is 0.0432. The number of pyridine rings is 1. The minimum Gasteiger partial charge on any atom is -0.474 e. The third kappa shape index (κ3) is 6.08. The van der Waals surface area contributed by atoms with Crippen molar-refractivity contribution >= 4 is 22.4 Å². The number of anilines is 2. The number of nitrogens with zero attached hydrogens (tertiary/aromatic N) is 3. The summed E-state index contributed by atoms with van der Waals surface area (Å²) < 4.78 is 91.0. The molecular weight excluding hydrogens is 551 g/mol. The van der Waals surface area contributed by atoms with Crippen LogP contribution in [0.15, 0.2) is 6.07 Å². The average Bonchev–Trinajstić information content (AvgIpc) is 2.96. The van der Waals surface area contributed by atoms with Crippen molar-refractivity contribution in [3.05, 3.63) is 28.8 Å². The number of nitrogens with one attached hydrogen (secondary N) is 2. The second-order valence-corrected chi connectivity index (χ2v) is 10.2. The number of hydrogen-bond donors (Lipinski definition) is 3. The Morgan fingerprint density at radius 3 is 2.61 bits per heavy atom. The molecule has 0 saturated carbocycles. The van der Waals surface area contributed by atoms with E-state index in [1.54, 1.807) is 6.92 Å². The Labute approximate surface area is 233 Å². The second-order valence-electron chi connectivity index (χ2n) is 10.2. The van der Waals surface area contributed by atoms with Crippen molar-refractivity contribution in [3.8, 4) is 23.1 Å². The van der Waals surface area contributed by atoms with Gasteiger partial charge in [0.25, 0.3) is 0 Å². The molecule has 0 amide bonds. The fourth-order valence-corrected chi connectivity index (χ4v) is 5.00. The Hall–Kier alpha value is -3.52. The molecule has 9 nitrogen and oxygen atoms in total. The molecule has 0 radical (unpaired) electrons. The number of nitrogen functional groups attached to an aromatic ring is 1. The monoisotopic (exact) mass is 582 g/mol. The SMILES string of the molecule is Cc1c(F)c(N)cc(-c2nc3c4c(nc(OCC5CCCCO5)nc4c2F)NCCNCCC(C)O3)c1C(F)(F)F. The van der Waals surface area contributed by atoms with Crippen LogP contribution in [0.1, 0.15) is 43.7 Å². The Kier molecular flexibility index (Phi) is 8.32. The molecule has 0 spiro atoms. The van der Waals surface area contributed by atoms with Gasteiger partial charge in [-0.05, 0) is 57.7 Å². The first kappa shape index (κ1) is 29.0. The van der Waals surface area contributed by atoms with Gasteiger partial charge in [0, 0.05) is 25.3 Å².